The molecule has 2 nitrogen and oxygen atoms in total. The second kappa shape index (κ2) is 13.5. The van der Waals surface area contributed by atoms with Crippen LogP contribution in [0, 0.1) is 0 Å². The van der Waals surface area contributed by atoms with Gasteiger partial charge in [0.15, 0.2) is 8.07 Å². The van der Waals surface area contributed by atoms with E-state index in [9.17, 15) is 0 Å². The average Bonchev–Trinajstić information content (AvgIpc) is 3.80. The number of fused-ring (bicyclic) bond motifs is 6. The van der Waals surface area contributed by atoms with E-state index >= 15 is 0 Å². The molecule has 0 aliphatic carbocycles. The van der Waals surface area contributed by atoms with Gasteiger partial charge in [0.05, 0.1) is 22.1 Å². The van der Waals surface area contributed by atoms with Gasteiger partial charge in [-0.15, -0.1) is 0 Å². The molecule has 0 aliphatic rings. The van der Waals surface area contributed by atoms with Crippen molar-refractivity contribution in [2.45, 2.75) is 0 Å². The highest BCUT2D eigenvalue weighted by molar-refractivity contribution is 7.19. The monoisotopic (exact) mass is 742 g/mol. The van der Waals surface area contributed by atoms with E-state index in [1.807, 2.05) is 0 Å². The van der Waals surface area contributed by atoms with Crippen LogP contribution in [0.4, 0.5) is 0 Å². The lowest BCUT2D eigenvalue weighted by Crippen LogP contribution is -2.74. The summed E-state index contributed by atoms with van der Waals surface area (Å²) in [5.41, 5.74) is 9.59. The first-order valence-corrected chi connectivity index (χ1v) is 21.7. The van der Waals surface area contributed by atoms with Crippen LogP contribution in [0.3, 0.4) is 0 Å². The summed E-state index contributed by atoms with van der Waals surface area (Å²) in [5, 5.41) is 10.5. The first-order chi connectivity index (χ1) is 28.3. The molecule has 3 heteroatoms. The molecule has 0 atom stereocenters. The van der Waals surface area contributed by atoms with Crippen molar-refractivity contribution in [3.05, 3.63) is 231 Å². The van der Waals surface area contributed by atoms with Crippen LogP contribution in [-0.4, -0.2) is 17.2 Å². The minimum atomic E-state index is -2.71. The molecule has 57 heavy (non-hydrogen) atoms. The summed E-state index contributed by atoms with van der Waals surface area (Å²) >= 11 is 0. The van der Waals surface area contributed by atoms with Gasteiger partial charge in [0.25, 0.3) is 0 Å². The quantitative estimate of drug-likeness (QED) is 0.114. The van der Waals surface area contributed by atoms with Crippen LogP contribution in [0.5, 0.6) is 0 Å². The van der Waals surface area contributed by atoms with E-state index in [2.05, 4.69) is 240 Å². The Morgan fingerprint density at radius 3 is 1.11 bits per heavy atom. The number of rotatable bonds is 7. The third kappa shape index (κ3) is 5.24. The molecule has 0 aliphatic heterocycles. The Kier molecular flexibility index (Phi) is 7.87. The fourth-order valence-electron chi connectivity index (χ4n) is 9.38. The van der Waals surface area contributed by atoms with E-state index in [-0.39, 0.29) is 0 Å². The molecule has 0 spiro atoms. The Morgan fingerprint density at radius 2 is 0.614 bits per heavy atom. The van der Waals surface area contributed by atoms with Crippen molar-refractivity contribution in [2.24, 2.45) is 0 Å². The molecular weight excluding hydrogens is 705 g/mol. The fraction of sp³-hybridized carbons (Fsp3) is 0. The normalized spacial score (nSPS) is 11.9. The Hall–Kier alpha value is -7.20. The van der Waals surface area contributed by atoms with Crippen molar-refractivity contribution in [3.63, 3.8) is 0 Å². The van der Waals surface area contributed by atoms with Gasteiger partial charge in [0.2, 0.25) is 0 Å². The summed E-state index contributed by atoms with van der Waals surface area (Å²) in [6.07, 6.45) is 0. The van der Waals surface area contributed by atoms with E-state index in [4.69, 9.17) is 0 Å². The SMILES string of the molecule is c1ccc(-n2c3ccccc3c3cc(-c4ccc5c(c4)c4ccccc4n5-c4cccc([Si](c5ccccc5)(c5ccccc5)c5ccccc5)c4)ccc32)cc1. The molecule has 0 fully saturated rings. The molecule has 0 bridgehead atoms. The number of hydrogen-bond donors (Lipinski definition) is 0. The Labute approximate surface area is 333 Å². The second-order valence-electron chi connectivity index (χ2n) is 14.9. The summed E-state index contributed by atoms with van der Waals surface area (Å²) in [4.78, 5) is 0. The average molecular weight is 743 g/mol. The molecule has 268 valence electrons. The van der Waals surface area contributed by atoms with Crippen LogP contribution < -0.4 is 20.7 Å². The van der Waals surface area contributed by atoms with Gasteiger partial charge in [-0.1, -0.05) is 170 Å². The van der Waals surface area contributed by atoms with E-state index < -0.39 is 8.07 Å². The zero-order chi connectivity index (χ0) is 37.8. The maximum Gasteiger partial charge on any atom is 0.179 e. The molecule has 0 amide bonds. The van der Waals surface area contributed by atoms with Crippen molar-refractivity contribution < 1.29 is 0 Å². The highest BCUT2D eigenvalue weighted by atomic mass is 28.3. The van der Waals surface area contributed by atoms with Crippen molar-refractivity contribution in [1.82, 2.24) is 9.13 Å². The fourth-order valence-corrected chi connectivity index (χ4v) is 14.2. The van der Waals surface area contributed by atoms with Gasteiger partial charge in [-0.25, -0.2) is 0 Å². The van der Waals surface area contributed by atoms with Gasteiger partial charge < -0.3 is 9.13 Å². The van der Waals surface area contributed by atoms with Crippen molar-refractivity contribution in [2.75, 3.05) is 0 Å². The zero-order valence-electron chi connectivity index (χ0n) is 31.3. The Morgan fingerprint density at radius 1 is 0.246 bits per heavy atom. The van der Waals surface area contributed by atoms with Gasteiger partial charge in [-0.3, -0.25) is 0 Å². The number of nitrogens with zero attached hydrogens (tertiary/aromatic N) is 2. The van der Waals surface area contributed by atoms with Gasteiger partial charge in [0.1, 0.15) is 0 Å². The standard InChI is InChI=1S/C54H38N2Si/c1-5-18-41(19-6-1)55-51-30-15-13-28-47(51)49-36-39(32-34-53(49)55)40-33-35-54-50(37-40)48-29-14-16-31-52(48)56(54)42-20-17-27-46(38-42)57(43-21-7-2-8-22-43,44-23-9-3-10-24-44)45-25-11-4-12-26-45/h1-38H. The van der Waals surface area contributed by atoms with Crippen LogP contribution in [-0.2, 0) is 0 Å². The number of para-hydroxylation sites is 3. The summed E-state index contributed by atoms with van der Waals surface area (Å²) < 4.78 is 4.85. The highest BCUT2D eigenvalue weighted by Crippen LogP contribution is 2.38. The molecule has 11 rings (SSSR count). The smallest absolute Gasteiger partial charge is 0.179 e. The summed E-state index contributed by atoms with van der Waals surface area (Å²) in [6.45, 7) is 0. The van der Waals surface area contributed by atoms with Gasteiger partial charge in [-0.05, 0) is 92.5 Å². The van der Waals surface area contributed by atoms with Crippen molar-refractivity contribution in [3.8, 4) is 22.5 Å². The second-order valence-corrected chi connectivity index (χ2v) is 18.7. The maximum absolute atomic E-state index is 2.71. The molecule has 0 saturated carbocycles. The Bertz CT molecular complexity index is 3120. The number of aromatic nitrogens is 2. The first kappa shape index (κ1) is 33.2. The third-order valence-electron chi connectivity index (χ3n) is 11.9. The minimum Gasteiger partial charge on any atom is -0.309 e. The lowest BCUT2D eigenvalue weighted by Gasteiger charge is -2.34. The maximum atomic E-state index is 2.47. The van der Waals surface area contributed by atoms with Crippen LogP contribution in [0.1, 0.15) is 0 Å². The first-order valence-electron chi connectivity index (χ1n) is 19.7. The van der Waals surface area contributed by atoms with Crippen LogP contribution in [0.15, 0.2) is 231 Å². The molecule has 9 aromatic carbocycles. The van der Waals surface area contributed by atoms with Gasteiger partial charge in [0, 0.05) is 32.9 Å². The van der Waals surface area contributed by atoms with Gasteiger partial charge in [-0.2, -0.15) is 0 Å². The molecule has 0 radical (unpaired) electrons. The molecule has 2 aromatic heterocycles. The van der Waals surface area contributed by atoms with Crippen LogP contribution in [0.25, 0.3) is 66.1 Å². The predicted octanol–water partition coefficient (Wildman–Crippen LogP) is 10.9. The molecular formula is C54H38N2Si. The molecule has 2 heterocycles. The lowest BCUT2D eigenvalue weighted by molar-refractivity contribution is 1.18. The number of benzene rings is 9. The Balaban J connectivity index is 1.10. The van der Waals surface area contributed by atoms with E-state index in [0.29, 0.717) is 0 Å². The van der Waals surface area contributed by atoms with E-state index in [0.717, 1.165) is 0 Å². The summed E-state index contributed by atoms with van der Waals surface area (Å²) in [6, 6.07) is 85.1. The van der Waals surface area contributed by atoms with Crippen molar-refractivity contribution >= 4 is 72.4 Å². The lowest BCUT2D eigenvalue weighted by atomic mass is 10.0. The largest absolute Gasteiger partial charge is 0.309 e. The predicted molar refractivity (Wildman–Crippen MR) is 244 cm³/mol. The zero-order valence-corrected chi connectivity index (χ0v) is 32.3. The number of hydrogen-bond acceptors (Lipinski definition) is 0. The van der Waals surface area contributed by atoms with Crippen LogP contribution in [0.2, 0.25) is 0 Å². The summed E-state index contributed by atoms with van der Waals surface area (Å²) in [5.74, 6) is 0. The molecule has 11 aromatic rings. The topological polar surface area (TPSA) is 9.86 Å². The van der Waals surface area contributed by atoms with Crippen molar-refractivity contribution in [1.29, 1.82) is 0 Å². The van der Waals surface area contributed by atoms with Crippen LogP contribution >= 0.6 is 0 Å². The summed E-state index contributed by atoms with van der Waals surface area (Å²) in [7, 11) is -2.71. The van der Waals surface area contributed by atoms with Gasteiger partial charge >= 0.3 is 0 Å². The third-order valence-corrected chi connectivity index (χ3v) is 16.6. The molecule has 0 N–H and O–H groups in total. The molecule has 0 saturated heterocycles. The highest BCUT2D eigenvalue weighted by Gasteiger charge is 2.41. The molecule has 0 unspecified atom stereocenters. The van der Waals surface area contributed by atoms with E-state index in [1.54, 1.807) is 0 Å². The minimum absolute atomic E-state index is 1.17. The van der Waals surface area contributed by atoms with E-state index in [1.165, 1.54) is 86.9 Å².